The molecule has 0 radical (unpaired) electrons. The normalized spacial score (nSPS) is 26.2. The summed E-state index contributed by atoms with van der Waals surface area (Å²) in [5, 5.41) is 0. The Labute approximate surface area is 156 Å². The summed E-state index contributed by atoms with van der Waals surface area (Å²) in [4.78, 5) is 16.6. The molecule has 2 atom stereocenters. The second-order valence-corrected chi connectivity index (χ2v) is 9.92. The van der Waals surface area contributed by atoms with Crippen molar-refractivity contribution in [3.63, 3.8) is 0 Å². The molecule has 142 valence electrons. The summed E-state index contributed by atoms with van der Waals surface area (Å²) in [7, 11) is -3.10. The van der Waals surface area contributed by atoms with Crippen molar-refractivity contribution in [2.75, 3.05) is 31.1 Å². The molecule has 2 fully saturated rings. The van der Waals surface area contributed by atoms with Crippen LogP contribution in [0.4, 0.5) is 0 Å². The number of carbonyl (C=O) groups excluding carboxylic acids is 1. The van der Waals surface area contributed by atoms with E-state index in [9.17, 15) is 13.2 Å². The van der Waals surface area contributed by atoms with Gasteiger partial charge in [-0.05, 0) is 12.5 Å². The van der Waals surface area contributed by atoms with Crippen molar-refractivity contribution in [1.29, 1.82) is 0 Å². The van der Waals surface area contributed by atoms with Crippen molar-refractivity contribution in [3.05, 3.63) is 41.5 Å². The highest BCUT2D eigenvalue weighted by Gasteiger charge is 2.48. The average Bonchev–Trinajstić information content (AvgIpc) is 2.90. The minimum Gasteiger partial charge on any atom is -0.336 e. The number of sulfone groups is 1. The molecule has 0 bridgehead atoms. The SMILES string of the molecule is CC(=Cc1ccccc1)CN1CCN(C(=O)C(C)C)[C@@H]2CS(=O)(=O)C[C@@H]21. The zero-order valence-corrected chi connectivity index (χ0v) is 16.6. The van der Waals surface area contributed by atoms with E-state index in [0.29, 0.717) is 6.54 Å². The molecule has 0 saturated carbocycles. The number of hydrogen-bond acceptors (Lipinski definition) is 4. The topological polar surface area (TPSA) is 57.7 Å². The summed E-state index contributed by atoms with van der Waals surface area (Å²) >= 11 is 0. The minimum absolute atomic E-state index is 0.0632. The van der Waals surface area contributed by atoms with Gasteiger partial charge in [0.1, 0.15) is 0 Å². The highest BCUT2D eigenvalue weighted by molar-refractivity contribution is 7.91. The first-order chi connectivity index (χ1) is 12.3. The van der Waals surface area contributed by atoms with E-state index < -0.39 is 9.84 Å². The van der Waals surface area contributed by atoms with Crippen molar-refractivity contribution in [3.8, 4) is 0 Å². The molecule has 26 heavy (non-hydrogen) atoms. The molecule has 1 aromatic carbocycles. The largest absolute Gasteiger partial charge is 0.336 e. The van der Waals surface area contributed by atoms with Crippen molar-refractivity contribution in [2.45, 2.75) is 32.9 Å². The number of hydrogen-bond donors (Lipinski definition) is 0. The lowest BCUT2D eigenvalue weighted by molar-refractivity contribution is -0.140. The predicted octanol–water partition coefficient (Wildman–Crippen LogP) is 2.06. The Hall–Kier alpha value is -1.66. The molecule has 2 saturated heterocycles. The lowest BCUT2D eigenvalue weighted by Crippen LogP contribution is -2.61. The quantitative estimate of drug-likeness (QED) is 0.807. The van der Waals surface area contributed by atoms with Crippen LogP contribution < -0.4 is 0 Å². The van der Waals surface area contributed by atoms with E-state index in [1.54, 1.807) is 0 Å². The van der Waals surface area contributed by atoms with Crippen molar-refractivity contribution < 1.29 is 13.2 Å². The highest BCUT2D eigenvalue weighted by atomic mass is 32.2. The fourth-order valence-electron chi connectivity index (χ4n) is 4.03. The lowest BCUT2D eigenvalue weighted by Gasteiger charge is -2.44. The van der Waals surface area contributed by atoms with Gasteiger partial charge in [-0.25, -0.2) is 8.42 Å². The van der Waals surface area contributed by atoms with Crippen molar-refractivity contribution in [1.82, 2.24) is 9.80 Å². The summed E-state index contributed by atoms with van der Waals surface area (Å²) < 4.78 is 24.6. The summed E-state index contributed by atoms with van der Waals surface area (Å²) in [6.45, 7) is 7.88. The monoisotopic (exact) mass is 376 g/mol. The Morgan fingerprint density at radius 1 is 1.15 bits per heavy atom. The Kier molecular flexibility index (Phi) is 5.53. The Morgan fingerprint density at radius 3 is 2.46 bits per heavy atom. The van der Waals surface area contributed by atoms with E-state index in [1.165, 1.54) is 5.57 Å². The van der Waals surface area contributed by atoms with E-state index >= 15 is 0 Å². The first-order valence-electron chi connectivity index (χ1n) is 9.24. The molecule has 6 heteroatoms. The standard InChI is InChI=1S/C20H28N2O3S/c1-15(2)20(23)22-10-9-21(18-13-26(24,25)14-19(18)22)12-16(3)11-17-7-5-4-6-8-17/h4-8,11,15,18-19H,9-10,12-14H2,1-3H3/t18-,19+/m0/s1. The molecule has 0 aromatic heterocycles. The van der Waals surface area contributed by atoms with E-state index in [1.807, 2.05) is 36.9 Å². The van der Waals surface area contributed by atoms with Gasteiger partial charge >= 0.3 is 0 Å². The molecule has 2 aliphatic heterocycles. The Morgan fingerprint density at radius 2 is 1.81 bits per heavy atom. The third-order valence-corrected chi connectivity index (χ3v) is 6.93. The van der Waals surface area contributed by atoms with Crippen LogP contribution >= 0.6 is 0 Å². The van der Waals surface area contributed by atoms with Gasteiger partial charge < -0.3 is 4.90 Å². The second-order valence-electron chi connectivity index (χ2n) is 7.77. The molecule has 0 unspecified atom stereocenters. The van der Waals surface area contributed by atoms with Crippen LogP contribution in [0.5, 0.6) is 0 Å². The van der Waals surface area contributed by atoms with E-state index in [0.717, 1.165) is 18.7 Å². The van der Waals surface area contributed by atoms with Crippen LogP contribution in [0.3, 0.4) is 0 Å². The first-order valence-corrected chi connectivity index (χ1v) is 11.1. The van der Waals surface area contributed by atoms with E-state index in [4.69, 9.17) is 0 Å². The number of amides is 1. The van der Waals surface area contributed by atoms with Crippen LogP contribution in [0.25, 0.3) is 6.08 Å². The second kappa shape index (κ2) is 7.53. The van der Waals surface area contributed by atoms with Gasteiger partial charge in [-0.1, -0.05) is 55.8 Å². The van der Waals surface area contributed by atoms with Crippen LogP contribution in [0.2, 0.25) is 0 Å². The molecule has 2 heterocycles. The maximum atomic E-state index is 12.5. The third-order valence-electron chi connectivity index (χ3n) is 5.23. The minimum atomic E-state index is -3.10. The molecular weight excluding hydrogens is 348 g/mol. The van der Waals surface area contributed by atoms with Crippen LogP contribution in [0, 0.1) is 5.92 Å². The van der Waals surface area contributed by atoms with Gasteiger partial charge in [0.25, 0.3) is 0 Å². The van der Waals surface area contributed by atoms with Gasteiger partial charge in [-0.2, -0.15) is 0 Å². The van der Waals surface area contributed by atoms with Crippen LogP contribution in [-0.2, 0) is 14.6 Å². The lowest BCUT2D eigenvalue weighted by atomic mass is 10.0. The number of benzene rings is 1. The van der Waals surface area contributed by atoms with Crippen LogP contribution in [-0.4, -0.2) is 67.3 Å². The first kappa shape index (κ1) is 19.1. The third kappa shape index (κ3) is 4.18. The fraction of sp³-hybridized carbons (Fsp3) is 0.550. The molecule has 2 aliphatic rings. The predicted molar refractivity (Wildman–Crippen MR) is 104 cm³/mol. The van der Waals surface area contributed by atoms with Gasteiger partial charge in [0.2, 0.25) is 5.91 Å². The molecule has 0 N–H and O–H groups in total. The fourth-order valence-corrected chi connectivity index (χ4v) is 6.04. The Bertz CT molecular complexity index is 787. The van der Waals surface area contributed by atoms with Gasteiger partial charge in [-0.3, -0.25) is 9.69 Å². The summed E-state index contributed by atoms with van der Waals surface area (Å²) in [6, 6.07) is 9.82. The number of piperazine rings is 1. The van der Waals surface area contributed by atoms with Crippen molar-refractivity contribution in [2.24, 2.45) is 5.92 Å². The summed E-state index contributed by atoms with van der Waals surface area (Å²) in [5.74, 6) is 0.199. The number of carbonyl (C=O) groups is 1. The number of nitrogens with zero attached hydrogens (tertiary/aromatic N) is 2. The van der Waals surface area contributed by atoms with E-state index in [-0.39, 0.29) is 35.4 Å². The zero-order valence-electron chi connectivity index (χ0n) is 15.8. The van der Waals surface area contributed by atoms with Crippen LogP contribution in [0.15, 0.2) is 35.9 Å². The average molecular weight is 377 g/mol. The molecule has 1 aromatic rings. The molecule has 0 aliphatic carbocycles. The molecule has 3 rings (SSSR count). The van der Waals surface area contributed by atoms with Gasteiger partial charge in [0, 0.05) is 31.6 Å². The van der Waals surface area contributed by atoms with Gasteiger partial charge in [-0.15, -0.1) is 0 Å². The molecule has 1 amide bonds. The summed E-state index contributed by atoms with van der Waals surface area (Å²) in [5.41, 5.74) is 2.34. The maximum absolute atomic E-state index is 12.5. The van der Waals surface area contributed by atoms with Gasteiger partial charge in [0.05, 0.1) is 17.5 Å². The zero-order chi connectivity index (χ0) is 18.9. The van der Waals surface area contributed by atoms with E-state index in [2.05, 4.69) is 30.0 Å². The molecular formula is C20H28N2O3S. The molecule has 0 spiro atoms. The van der Waals surface area contributed by atoms with Crippen LogP contribution in [0.1, 0.15) is 26.3 Å². The smallest absolute Gasteiger partial charge is 0.225 e. The Balaban J connectivity index is 1.78. The van der Waals surface area contributed by atoms with Gasteiger partial charge in [0.15, 0.2) is 9.84 Å². The summed E-state index contributed by atoms with van der Waals surface area (Å²) in [6.07, 6.45) is 2.14. The maximum Gasteiger partial charge on any atom is 0.225 e. The highest BCUT2D eigenvalue weighted by Crippen LogP contribution is 2.28. The van der Waals surface area contributed by atoms with Crippen molar-refractivity contribution >= 4 is 21.8 Å². The molecule has 5 nitrogen and oxygen atoms in total. The number of fused-ring (bicyclic) bond motifs is 1. The number of rotatable bonds is 4.